The zero-order valence-corrected chi connectivity index (χ0v) is 18.6. The summed E-state index contributed by atoms with van der Waals surface area (Å²) in [4.78, 5) is 21.7. The van der Waals surface area contributed by atoms with Crippen LogP contribution in [0, 0.1) is 5.92 Å². The van der Waals surface area contributed by atoms with Crippen molar-refractivity contribution in [3.63, 3.8) is 0 Å². The number of likely N-dealkylation sites (tertiary alicyclic amines) is 2. The van der Waals surface area contributed by atoms with Crippen LogP contribution < -0.4 is 10.1 Å². The lowest BCUT2D eigenvalue weighted by atomic mass is 9.97. The molecule has 2 saturated heterocycles. The van der Waals surface area contributed by atoms with Gasteiger partial charge >= 0.3 is 5.97 Å². The van der Waals surface area contributed by atoms with E-state index in [0.29, 0.717) is 6.54 Å². The highest BCUT2D eigenvalue weighted by Gasteiger charge is 2.28. The van der Waals surface area contributed by atoms with E-state index < -0.39 is 0 Å². The number of methoxy groups -OCH3 is 2. The van der Waals surface area contributed by atoms with Gasteiger partial charge in [0, 0.05) is 19.6 Å². The molecule has 1 aromatic rings. The van der Waals surface area contributed by atoms with Crippen LogP contribution in [0.5, 0.6) is 5.75 Å². The molecule has 30 heavy (non-hydrogen) atoms. The minimum Gasteiger partial charge on any atom is -0.497 e. The molecule has 2 fully saturated rings. The molecule has 0 aliphatic carbocycles. The third-order valence-corrected chi connectivity index (χ3v) is 6.16. The lowest BCUT2D eigenvalue weighted by Gasteiger charge is -2.34. The average Bonchev–Trinajstić information content (AvgIpc) is 3.33. The Balaban J connectivity index is 1.71. The Hall–Kier alpha value is -2.28. The van der Waals surface area contributed by atoms with Crippen LogP contribution in [-0.4, -0.2) is 75.2 Å². The third-order valence-electron chi connectivity index (χ3n) is 6.16. The molecule has 0 spiro atoms. The molecule has 0 radical (unpaired) electrons. The average molecular weight is 417 g/mol. The maximum Gasteiger partial charge on any atom is 0.308 e. The molecule has 3 rings (SSSR count). The topological polar surface area (TPSA) is 66.4 Å². The maximum absolute atomic E-state index is 11.8. The second-order valence-electron chi connectivity index (χ2n) is 8.01. The van der Waals surface area contributed by atoms with E-state index in [2.05, 4.69) is 34.2 Å². The van der Waals surface area contributed by atoms with Crippen LogP contribution >= 0.6 is 0 Å². The summed E-state index contributed by atoms with van der Waals surface area (Å²) >= 11 is 0. The first-order chi connectivity index (χ1) is 14.7. The lowest BCUT2D eigenvalue weighted by Crippen LogP contribution is -2.47. The normalized spacial score (nSPS) is 19.6. The summed E-state index contributed by atoms with van der Waals surface area (Å²) in [5.41, 5.74) is 1.28. The number of nitrogens with one attached hydrogen (secondary N) is 1. The second kappa shape index (κ2) is 11.2. The van der Waals surface area contributed by atoms with E-state index in [-0.39, 0.29) is 17.9 Å². The van der Waals surface area contributed by atoms with E-state index in [0.717, 1.165) is 57.3 Å². The SMILES string of the molecule is CCNC(=NCC(c1ccc(OC)cc1)N1CCCC1)N1CCC(C(=O)OC)CC1. The highest BCUT2D eigenvalue weighted by Crippen LogP contribution is 2.27. The van der Waals surface area contributed by atoms with Crippen LogP contribution in [0.4, 0.5) is 0 Å². The molecule has 166 valence electrons. The molecule has 2 aliphatic rings. The quantitative estimate of drug-likeness (QED) is 0.419. The standard InChI is InChI=1S/C23H36N4O3/c1-4-24-23(27-15-11-19(12-16-27)22(28)30-3)25-17-21(26-13-5-6-14-26)18-7-9-20(29-2)10-8-18/h7-10,19,21H,4-6,11-17H2,1-3H3,(H,24,25). The van der Waals surface area contributed by atoms with Gasteiger partial charge in [-0.05, 0) is 63.4 Å². The molecule has 7 heteroatoms. The minimum absolute atomic E-state index is 0.00535. The number of benzene rings is 1. The van der Waals surface area contributed by atoms with Crippen molar-refractivity contribution >= 4 is 11.9 Å². The molecule has 1 N–H and O–H groups in total. The highest BCUT2D eigenvalue weighted by molar-refractivity contribution is 5.80. The highest BCUT2D eigenvalue weighted by atomic mass is 16.5. The van der Waals surface area contributed by atoms with Crippen molar-refractivity contribution in [2.45, 2.75) is 38.6 Å². The number of esters is 1. The fraction of sp³-hybridized carbons (Fsp3) is 0.652. The number of ether oxygens (including phenoxy) is 2. The number of guanidine groups is 1. The van der Waals surface area contributed by atoms with Gasteiger partial charge in [-0.2, -0.15) is 0 Å². The Kier molecular flexibility index (Phi) is 8.37. The van der Waals surface area contributed by atoms with E-state index in [1.807, 2.05) is 12.1 Å². The number of carbonyl (C=O) groups is 1. The first-order valence-corrected chi connectivity index (χ1v) is 11.1. The predicted octanol–water partition coefficient (Wildman–Crippen LogP) is 2.68. The largest absolute Gasteiger partial charge is 0.497 e. The summed E-state index contributed by atoms with van der Waals surface area (Å²) in [5, 5.41) is 3.45. The van der Waals surface area contributed by atoms with Gasteiger partial charge in [0.05, 0.1) is 32.7 Å². The van der Waals surface area contributed by atoms with Crippen molar-refractivity contribution in [3.05, 3.63) is 29.8 Å². The van der Waals surface area contributed by atoms with Crippen molar-refractivity contribution in [2.24, 2.45) is 10.9 Å². The van der Waals surface area contributed by atoms with Gasteiger partial charge < -0.3 is 19.7 Å². The Bertz CT molecular complexity index is 693. The van der Waals surface area contributed by atoms with Gasteiger partial charge in [-0.3, -0.25) is 14.7 Å². The molecular formula is C23H36N4O3. The molecular weight excluding hydrogens is 380 g/mol. The van der Waals surface area contributed by atoms with Gasteiger partial charge in [0.1, 0.15) is 5.75 Å². The van der Waals surface area contributed by atoms with Crippen LogP contribution in [0.1, 0.15) is 44.2 Å². The Morgan fingerprint density at radius 1 is 1.13 bits per heavy atom. The lowest BCUT2D eigenvalue weighted by molar-refractivity contribution is -0.146. The molecule has 0 saturated carbocycles. The maximum atomic E-state index is 11.8. The first-order valence-electron chi connectivity index (χ1n) is 11.1. The van der Waals surface area contributed by atoms with Crippen LogP contribution in [0.25, 0.3) is 0 Å². The molecule has 1 aromatic carbocycles. The molecule has 1 unspecified atom stereocenters. The van der Waals surface area contributed by atoms with Crippen molar-refractivity contribution in [1.29, 1.82) is 0 Å². The van der Waals surface area contributed by atoms with Gasteiger partial charge in [-0.15, -0.1) is 0 Å². The van der Waals surface area contributed by atoms with Crippen molar-refractivity contribution < 1.29 is 14.3 Å². The van der Waals surface area contributed by atoms with Crippen molar-refractivity contribution in [2.75, 3.05) is 53.5 Å². The zero-order valence-electron chi connectivity index (χ0n) is 18.6. The van der Waals surface area contributed by atoms with Crippen molar-refractivity contribution in [1.82, 2.24) is 15.1 Å². The number of hydrogen-bond donors (Lipinski definition) is 1. The minimum atomic E-state index is -0.0924. The van der Waals surface area contributed by atoms with Crippen LogP contribution in [-0.2, 0) is 9.53 Å². The molecule has 0 bridgehead atoms. The molecule has 1 atom stereocenters. The number of carbonyl (C=O) groups excluding carboxylic acids is 1. The van der Waals surface area contributed by atoms with E-state index in [1.165, 1.54) is 25.5 Å². The molecule has 0 amide bonds. The van der Waals surface area contributed by atoms with Crippen LogP contribution in [0.2, 0.25) is 0 Å². The van der Waals surface area contributed by atoms with Crippen LogP contribution in [0.3, 0.4) is 0 Å². The summed E-state index contributed by atoms with van der Waals surface area (Å²) in [7, 11) is 3.17. The number of aliphatic imine (C=N–C) groups is 1. The predicted molar refractivity (Wildman–Crippen MR) is 119 cm³/mol. The Morgan fingerprint density at radius 2 is 1.80 bits per heavy atom. The number of nitrogens with zero attached hydrogens (tertiary/aromatic N) is 3. The summed E-state index contributed by atoms with van der Waals surface area (Å²) in [6.45, 7) is 7.52. The third kappa shape index (κ3) is 5.65. The fourth-order valence-corrected chi connectivity index (χ4v) is 4.40. The molecule has 2 aliphatic heterocycles. The van der Waals surface area contributed by atoms with Crippen molar-refractivity contribution in [3.8, 4) is 5.75 Å². The van der Waals surface area contributed by atoms with Gasteiger partial charge in [-0.1, -0.05) is 12.1 Å². The van der Waals surface area contributed by atoms with E-state index in [9.17, 15) is 4.79 Å². The summed E-state index contributed by atoms with van der Waals surface area (Å²) in [6.07, 6.45) is 4.12. The fourth-order valence-electron chi connectivity index (χ4n) is 4.40. The molecule has 2 heterocycles. The van der Waals surface area contributed by atoms with Gasteiger partial charge in [-0.25, -0.2) is 0 Å². The number of piperidine rings is 1. The van der Waals surface area contributed by atoms with E-state index in [1.54, 1.807) is 7.11 Å². The van der Waals surface area contributed by atoms with Gasteiger partial charge in [0.15, 0.2) is 5.96 Å². The first kappa shape index (κ1) is 22.4. The Morgan fingerprint density at radius 3 is 2.37 bits per heavy atom. The second-order valence-corrected chi connectivity index (χ2v) is 8.01. The monoisotopic (exact) mass is 416 g/mol. The van der Waals surface area contributed by atoms with Crippen LogP contribution in [0.15, 0.2) is 29.3 Å². The Labute approximate surface area is 180 Å². The number of hydrogen-bond acceptors (Lipinski definition) is 5. The number of rotatable bonds is 7. The van der Waals surface area contributed by atoms with Gasteiger partial charge in [0.25, 0.3) is 0 Å². The van der Waals surface area contributed by atoms with E-state index >= 15 is 0 Å². The molecule has 7 nitrogen and oxygen atoms in total. The summed E-state index contributed by atoms with van der Waals surface area (Å²) < 4.78 is 10.2. The van der Waals surface area contributed by atoms with E-state index in [4.69, 9.17) is 14.5 Å². The zero-order chi connectivity index (χ0) is 21.3. The van der Waals surface area contributed by atoms with Gasteiger partial charge in [0.2, 0.25) is 0 Å². The molecule has 0 aromatic heterocycles. The summed E-state index contributed by atoms with van der Waals surface area (Å²) in [6, 6.07) is 8.65. The summed E-state index contributed by atoms with van der Waals surface area (Å²) in [5.74, 6) is 1.73. The smallest absolute Gasteiger partial charge is 0.308 e.